The molecule has 1 aromatic carbocycles. The van der Waals surface area contributed by atoms with Crippen LogP contribution in [0.3, 0.4) is 0 Å². The number of hydrogen-bond donors (Lipinski definition) is 1. The number of amides is 1. The van der Waals surface area contributed by atoms with Crippen molar-refractivity contribution in [3.05, 3.63) is 35.4 Å². The molecule has 0 aromatic heterocycles. The number of hydrogen-bond acceptors (Lipinski definition) is 3. The van der Waals surface area contributed by atoms with Crippen LogP contribution in [0.25, 0.3) is 0 Å². The summed E-state index contributed by atoms with van der Waals surface area (Å²) in [6.45, 7) is 8.46. The van der Waals surface area contributed by atoms with Crippen molar-refractivity contribution >= 4 is 5.91 Å². The molecule has 1 saturated heterocycles. The van der Waals surface area contributed by atoms with Crippen molar-refractivity contribution in [1.82, 2.24) is 5.32 Å². The monoisotopic (exact) mass is 305 g/mol. The molecule has 122 valence electrons. The first-order chi connectivity index (χ1) is 10.5. The topological polar surface area (TPSA) is 47.6 Å². The van der Waals surface area contributed by atoms with E-state index in [0.717, 1.165) is 19.4 Å². The number of aryl methyl sites for hydroxylation is 1. The van der Waals surface area contributed by atoms with Crippen molar-refractivity contribution in [3.8, 4) is 0 Å². The van der Waals surface area contributed by atoms with Crippen LogP contribution in [0, 0.1) is 0 Å². The van der Waals surface area contributed by atoms with E-state index in [1.807, 2.05) is 0 Å². The van der Waals surface area contributed by atoms with Gasteiger partial charge in [-0.3, -0.25) is 4.79 Å². The molecule has 1 aromatic rings. The Morgan fingerprint density at radius 2 is 2.09 bits per heavy atom. The summed E-state index contributed by atoms with van der Waals surface area (Å²) < 4.78 is 10.8. The average molecular weight is 305 g/mol. The van der Waals surface area contributed by atoms with Gasteiger partial charge in [0.05, 0.1) is 12.7 Å². The van der Waals surface area contributed by atoms with E-state index >= 15 is 0 Å². The van der Waals surface area contributed by atoms with E-state index in [0.29, 0.717) is 13.2 Å². The summed E-state index contributed by atoms with van der Waals surface area (Å²) >= 11 is 0. The van der Waals surface area contributed by atoms with Gasteiger partial charge in [-0.1, -0.05) is 45.0 Å². The molecule has 0 aliphatic carbocycles. The van der Waals surface area contributed by atoms with E-state index in [1.165, 1.54) is 11.1 Å². The van der Waals surface area contributed by atoms with Crippen LogP contribution in [0.15, 0.2) is 24.3 Å². The Bertz CT molecular complexity index is 476. The molecule has 4 nitrogen and oxygen atoms in total. The third-order valence-electron chi connectivity index (χ3n) is 4.21. The number of rotatable bonds is 7. The lowest BCUT2D eigenvalue weighted by atomic mass is 9.84. The lowest BCUT2D eigenvalue weighted by Gasteiger charge is -2.26. The fourth-order valence-corrected chi connectivity index (χ4v) is 2.50. The standard InChI is InChI=1S/C18H27NO3/c1-4-14-5-7-15(8-6-14)18(2,3)13-19-17(20)12-22-16-9-10-21-11-16/h5-8,16H,4,9-13H2,1-3H3,(H,19,20). The van der Waals surface area contributed by atoms with Crippen molar-refractivity contribution in [2.45, 2.75) is 45.1 Å². The lowest BCUT2D eigenvalue weighted by molar-refractivity contribution is -0.127. The van der Waals surface area contributed by atoms with Crippen LogP contribution in [-0.2, 0) is 26.1 Å². The maximum Gasteiger partial charge on any atom is 0.246 e. The highest BCUT2D eigenvalue weighted by Gasteiger charge is 2.22. The van der Waals surface area contributed by atoms with Crippen LogP contribution in [0.2, 0.25) is 0 Å². The third kappa shape index (κ3) is 4.82. The highest BCUT2D eigenvalue weighted by atomic mass is 16.5. The van der Waals surface area contributed by atoms with E-state index in [2.05, 4.69) is 50.4 Å². The van der Waals surface area contributed by atoms with Crippen molar-refractivity contribution in [2.75, 3.05) is 26.4 Å². The highest BCUT2D eigenvalue weighted by molar-refractivity contribution is 5.77. The minimum atomic E-state index is -0.0988. The van der Waals surface area contributed by atoms with Gasteiger partial charge in [-0.2, -0.15) is 0 Å². The van der Waals surface area contributed by atoms with E-state index in [-0.39, 0.29) is 24.0 Å². The van der Waals surface area contributed by atoms with Crippen molar-refractivity contribution in [3.63, 3.8) is 0 Å². The first kappa shape index (κ1) is 17.0. The molecular weight excluding hydrogens is 278 g/mol. The molecule has 1 aliphatic heterocycles. The minimum Gasteiger partial charge on any atom is -0.379 e. The van der Waals surface area contributed by atoms with E-state index in [9.17, 15) is 4.79 Å². The van der Waals surface area contributed by atoms with Gasteiger partial charge in [0.15, 0.2) is 0 Å². The molecule has 0 spiro atoms. The smallest absolute Gasteiger partial charge is 0.246 e. The summed E-state index contributed by atoms with van der Waals surface area (Å²) in [4.78, 5) is 11.9. The molecule has 0 radical (unpaired) electrons. The molecule has 1 heterocycles. The normalized spacial score (nSPS) is 18.4. The molecule has 0 saturated carbocycles. The van der Waals surface area contributed by atoms with Crippen LogP contribution >= 0.6 is 0 Å². The molecule has 2 rings (SSSR count). The molecular formula is C18H27NO3. The lowest BCUT2D eigenvalue weighted by Crippen LogP contribution is -2.39. The number of carbonyl (C=O) groups excluding carboxylic acids is 1. The first-order valence-electron chi connectivity index (χ1n) is 8.07. The number of ether oxygens (including phenoxy) is 2. The molecule has 1 atom stereocenters. The van der Waals surface area contributed by atoms with Crippen LogP contribution in [-0.4, -0.2) is 38.4 Å². The molecule has 1 aliphatic rings. The van der Waals surface area contributed by atoms with Crippen LogP contribution in [0.5, 0.6) is 0 Å². The average Bonchev–Trinajstić information content (AvgIpc) is 3.04. The number of carbonyl (C=O) groups is 1. The molecule has 1 unspecified atom stereocenters. The molecule has 1 N–H and O–H groups in total. The van der Waals surface area contributed by atoms with E-state index in [4.69, 9.17) is 9.47 Å². The number of nitrogens with one attached hydrogen (secondary N) is 1. The maximum absolute atomic E-state index is 11.9. The largest absolute Gasteiger partial charge is 0.379 e. The molecule has 4 heteroatoms. The summed E-state index contributed by atoms with van der Waals surface area (Å²) in [6, 6.07) is 8.61. The van der Waals surface area contributed by atoms with Gasteiger partial charge >= 0.3 is 0 Å². The minimum absolute atomic E-state index is 0.0647. The second-order valence-electron chi connectivity index (χ2n) is 6.51. The van der Waals surface area contributed by atoms with Gasteiger partial charge in [-0.25, -0.2) is 0 Å². The predicted octanol–water partition coefficient (Wildman–Crippen LogP) is 2.45. The summed E-state index contributed by atoms with van der Waals surface area (Å²) in [7, 11) is 0. The second-order valence-corrected chi connectivity index (χ2v) is 6.51. The van der Waals surface area contributed by atoms with E-state index in [1.54, 1.807) is 0 Å². The van der Waals surface area contributed by atoms with Gasteiger partial charge in [-0.15, -0.1) is 0 Å². The Morgan fingerprint density at radius 1 is 1.36 bits per heavy atom. The summed E-state index contributed by atoms with van der Waals surface area (Å²) in [5.41, 5.74) is 2.46. The predicted molar refractivity (Wildman–Crippen MR) is 87.0 cm³/mol. The summed E-state index contributed by atoms with van der Waals surface area (Å²) in [5, 5.41) is 2.97. The van der Waals surface area contributed by atoms with Crippen LogP contribution < -0.4 is 5.32 Å². The SMILES string of the molecule is CCc1ccc(C(C)(C)CNC(=O)COC2CCOC2)cc1. The molecule has 22 heavy (non-hydrogen) atoms. The fraction of sp³-hybridized carbons (Fsp3) is 0.611. The van der Waals surface area contributed by atoms with Gasteiger partial charge in [0.2, 0.25) is 5.91 Å². The van der Waals surface area contributed by atoms with Gasteiger partial charge in [0, 0.05) is 18.6 Å². The molecule has 1 fully saturated rings. The summed E-state index contributed by atoms with van der Waals surface area (Å²) in [5.74, 6) is -0.0647. The van der Waals surface area contributed by atoms with Gasteiger partial charge < -0.3 is 14.8 Å². The third-order valence-corrected chi connectivity index (χ3v) is 4.21. The Kier molecular flexibility index (Phi) is 5.98. The Balaban J connectivity index is 1.78. The van der Waals surface area contributed by atoms with Crippen molar-refractivity contribution in [2.24, 2.45) is 0 Å². The van der Waals surface area contributed by atoms with Crippen molar-refractivity contribution < 1.29 is 14.3 Å². The van der Waals surface area contributed by atoms with E-state index < -0.39 is 0 Å². The molecule has 1 amide bonds. The Hall–Kier alpha value is -1.39. The zero-order chi connectivity index (χ0) is 16.0. The van der Waals surface area contributed by atoms with Gasteiger partial charge in [0.25, 0.3) is 0 Å². The maximum atomic E-state index is 11.9. The van der Waals surface area contributed by atoms with Gasteiger partial charge in [0.1, 0.15) is 6.61 Å². The fourth-order valence-electron chi connectivity index (χ4n) is 2.50. The number of benzene rings is 1. The first-order valence-corrected chi connectivity index (χ1v) is 8.07. The summed E-state index contributed by atoms with van der Waals surface area (Å²) in [6.07, 6.45) is 1.99. The zero-order valence-electron chi connectivity index (χ0n) is 13.9. The Morgan fingerprint density at radius 3 is 2.68 bits per heavy atom. The highest BCUT2D eigenvalue weighted by Crippen LogP contribution is 2.22. The van der Waals surface area contributed by atoms with Gasteiger partial charge in [-0.05, 0) is 24.0 Å². The molecule has 0 bridgehead atoms. The van der Waals surface area contributed by atoms with Crippen LogP contribution in [0.1, 0.15) is 38.3 Å². The quantitative estimate of drug-likeness (QED) is 0.842. The Labute approximate surface area is 133 Å². The zero-order valence-corrected chi connectivity index (χ0v) is 13.9. The van der Waals surface area contributed by atoms with Crippen molar-refractivity contribution in [1.29, 1.82) is 0 Å². The second kappa shape index (κ2) is 7.75. The van der Waals surface area contributed by atoms with Crippen LogP contribution in [0.4, 0.5) is 0 Å².